The number of hydrogen-bond donors (Lipinski definition) is 0. The van der Waals surface area contributed by atoms with E-state index in [1.807, 2.05) is 32.3 Å². The molecule has 1 aromatic rings. The van der Waals surface area contributed by atoms with Crippen molar-refractivity contribution in [2.24, 2.45) is 0 Å². The Morgan fingerprint density at radius 2 is 1.88 bits per heavy atom. The summed E-state index contributed by atoms with van der Waals surface area (Å²) >= 11 is 0. The smallest absolute Gasteiger partial charge is 0.160 e. The number of carbonyl (C=O) groups excluding carboxylic acids is 1. The molecule has 92 valence electrons. The minimum Gasteiger partial charge on any atom is -0.300 e. The van der Waals surface area contributed by atoms with Crippen molar-refractivity contribution in [2.45, 2.75) is 37.6 Å². The Morgan fingerprint density at radius 3 is 2.47 bits per heavy atom. The van der Waals surface area contributed by atoms with Crippen LogP contribution >= 0.6 is 0 Å². The van der Waals surface area contributed by atoms with Gasteiger partial charge in [0, 0.05) is 0 Å². The first-order valence-corrected chi connectivity index (χ1v) is 6.32. The van der Waals surface area contributed by atoms with Crippen LogP contribution in [0.15, 0.2) is 30.3 Å². The van der Waals surface area contributed by atoms with Gasteiger partial charge in [0.05, 0.1) is 11.5 Å². The summed E-state index contributed by atoms with van der Waals surface area (Å²) in [5, 5.41) is 0. The van der Waals surface area contributed by atoms with Gasteiger partial charge >= 0.3 is 0 Å². The molecule has 0 aromatic heterocycles. The molecule has 1 aromatic carbocycles. The maximum Gasteiger partial charge on any atom is 0.160 e. The molecule has 0 radical (unpaired) electrons. The second-order valence-electron chi connectivity index (χ2n) is 5.43. The van der Waals surface area contributed by atoms with Crippen molar-refractivity contribution in [3.8, 4) is 0 Å². The molecule has 0 heterocycles. The van der Waals surface area contributed by atoms with Crippen LogP contribution in [0.25, 0.3) is 0 Å². The van der Waals surface area contributed by atoms with E-state index in [4.69, 9.17) is 0 Å². The number of carbonyl (C=O) groups is 1. The van der Waals surface area contributed by atoms with Crippen LogP contribution in [-0.4, -0.2) is 30.8 Å². The van der Waals surface area contributed by atoms with Crippen molar-refractivity contribution in [1.29, 1.82) is 0 Å². The summed E-state index contributed by atoms with van der Waals surface area (Å²) in [5.74, 6) is 0.375. The predicted molar refractivity (Wildman–Crippen MR) is 70.1 cm³/mol. The topological polar surface area (TPSA) is 20.3 Å². The quantitative estimate of drug-likeness (QED) is 0.780. The predicted octanol–water partition coefficient (Wildman–Crippen LogP) is 2.63. The van der Waals surface area contributed by atoms with E-state index in [1.165, 1.54) is 0 Å². The monoisotopic (exact) mass is 231 g/mol. The molecule has 17 heavy (non-hydrogen) atoms. The third kappa shape index (κ3) is 2.14. The molecule has 2 nitrogen and oxygen atoms in total. The van der Waals surface area contributed by atoms with Gasteiger partial charge in [0.15, 0.2) is 5.78 Å². The number of Topliss-reactive ketones (excluding diaryl/α,β-unsaturated/α-hetero) is 1. The normalized spacial score (nSPS) is 29.6. The van der Waals surface area contributed by atoms with Gasteiger partial charge in [0.1, 0.15) is 0 Å². The van der Waals surface area contributed by atoms with Crippen LogP contribution in [-0.2, 0) is 10.2 Å². The number of likely N-dealkylation sites (N-methyl/N-ethyl adjacent to an activating group) is 1. The van der Waals surface area contributed by atoms with Crippen LogP contribution in [0.1, 0.15) is 31.7 Å². The molecule has 2 rings (SSSR count). The van der Waals surface area contributed by atoms with Crippen molar-refractivity contribution >= 4 is 5.78 Å². The zero-order chi connectivity index (χ0) is 12.5. The number of hydrogen-bond acceptors (Lipinski definition) is 2. The average Bonchev–Trinajstić information content (AvgIpc) is 2.33. The molecule has 1 aliphatic rings. The van der Waals surface area contributed by atoms with E-state index in [2.05, 4.69) is 24.0 Å². The molecule has 2 unspecified atom stereocenters. The highest BCUT2D eigenvalue weighted by atomic mass is 16.1. The fourth-order valence-electron chi connectivity index (χ4n) is 2.86. The van der Waals surface area contributed by atoms with Gasteiger partial charge in [-0.2, -0.15) is 0 Å². The summed E-state index contributed by atoms with van der Waals surface area (Å²) in [5.41, 5.74) is 0.866. The summed E-state index contributed by atoms with van der Waals surface area (Å²) in [4.78, 5) is 14.7. The van der Waals surface area contributed by atoms with Crippen molar-refractivity contribution in [2.75, 3.05) is 14.1 Å². The maximum atomic E-state index is 12.6. The molecular formula is C15H21NO. The van der Waals surface area contributed by atoms with Gasteiger partial charge in [-0.3, -0.25) is 9.69 Å². The highest BCUT2D eigenvalue weighted by Crippen LogP contribution is 2.37. The lowest BCUT2D eigenvalue weighted by Gasteiger charge is -2.39. The standard InChI is InChI=1S/C15H21NO/c1-15(12-8-5-4-6-9-12)11-7-10-13(14(15)17)16(2)3/h4-6,8-9,13H,7,10-11H2,1-3H3. The molecule has 2 atom stereocenters. The molecule has 1 fully saturated rings. The van der Waals surface area contributed by atoms with Crippen molar-refractivity contribution in [1.82, 2.24) is 4.90 Å². The zero-order valence-corrected chi connectivity index (χ0v) is 10.9. The van der Waals surface area contributed by atoms with Crippen LogP contribution in [0.4, 0.5) is 0 Å². The molecular weight excluding hydrogens is 210 g/mol. The van der Waals surface area contributed by atoms with Gasteiger partial charge in [-0.25, -0.2) is 0 Å². The zero-order valence-electron chi connectivity index (χ0n) is 10.9. The summed E-state index contributed by atoms with van der Waals surface area (Å²) in [7, 11) is 4.00. The van der Waals surface area contributed by atoms with Crippen LogP contribution in [0, 0.1) is 0 Å². The first-order valence-electron chi connectivity index (χ1n) is 6.32. The molecule has 1 saturated carbocycles. The molecule has 0 spiro atoms. The van der Waals surface area contributed by atoms with Gasteiger partial charge in [0.25, 0.3) is 0 Å². The third-order valence-electron chi connectivity index (χ3n) is 4.04. The average molecular weight is 231 g/mol. The Morgan fingerprint density at radius 1 is 1.24 bits per heavy atom. The lowest BCUT2D eigenvalue weighted by atomic mass is 9.68. The number of ketones is 1. The minimum absolute atomic E-state index is 0.0777. The van der Waals surface area contributed by atoms with Crippen molar-refractivity contribution in [3.05, 3.63) is 35.9 Å². The molecule has 1 aliphatic carbocycles. The number of benzene rings is 1. The Hall–Kier alpha value is -1.15. The lowest BCUT2D eigenvalue weighted by molar-refractivity contribution is -0.131. The highest BCUT2D eigenvalue weighted by Gasteiger charge is 2.42. The second kappa shape index (κ2) is 4.61. The SMILES string of the molecule is CN(C)C1CCCC(C)(c2ccccc2)C1=O. The fourth-order valence-corrected chi connectivity index (χ4v) is 2.86. The minimum atomic E-state index is -0.297. The van der Waals surface area contributed by atoms with Gasteiger partial charge in [0.2, 0.25) is 0 Å². The van der Waals surface area contributed by atoms with E-state index in [1.54, 1.807) is 0 Å². The van der Waals surface area contributed by atoms with E-state index in [-0.39, 0.29) is 11.5 Å². The van der Waals surface area contributed by atoms with E-state index in [0.717, 1.165) is 24.8 Å². The van der Waals surface area contributed by atoms with Gasteiger partial charge in [-0.1, -0.05) is 36.8 Å². The third-order valence-corrected chi connectivity index (χ3v) is 4.04. The summed E-state index contributed by atoms with van der Waals surface area (Å²) in [6.45, 7) is 2.10. The van der Waals surface area contributed by atoms with Crippen LogP contribution < -0.4 is 0 Å². The number of rotatable bonds is 2. The first-order chi connectivity index (χ1) is 8.05. The summed E-state index contributed by atoms with van der Waals surface area (Å²) in [6.07, 6.45) is 3.09. The summed E-state index contributed by atoms with van der Waals surface area (Å²) < 4.78 is 0. The van der Waals surface area contributed by atoms with Crippen LogP contribution in [0.3, 0.4) is 0 Å². The lowest BCUT2D eigenvalue weighted by Crippen LogP contribution is -2.49. The molecule has 0 aliphatic heterocycles. The first kappa shape index (κ1) is 12.3. The summed E-state index contributed by atoms with van der Waals surface area (Å²) in [6, 6.07) is 10.3. The van der Waals surface area contributed by atoms with Crippen molar-refractivity contribution < 1.29 is 4.79 Å². The molecule has 0 bridgehead atoms. The fraction of sp³-hybridized carbons (Fsp3) is 0.533. The Labute approximate surface area is 104 Å². The second-order valence-corrected chi connectivity index (χ2v) is 5.43. The molecule has 0 N–H and O–H groups in total. The van der Waals surface area contributed by atoms with E-state index < -0.39 is 0 Å². The largest absolute Gasteiger partial charge is 0.300 e. The van der Waals surface area contributed by atoms with Crippen molar-refractivity contribution in [3.63, 3.8) is 0 Å². The van der Waals surface area contributed by atoms with Crippen LogP contribution in [0.5, 0.6) is 0 Å². The maximum absolute atomic E-state index is 12.6. The van der Waals surface area contributed by atoms with Crippen LogP contribution in [0.2, 0.25) is 0 Å². The van der Waals surface area contributed by atoms with E-state index in [9.17, 15) is 4.79 Å². The highest BCUT2D eigenvalue weighted by molar-refractivity contribution is 5.94. The number of nitrogens with zero attached hydrogens (tertiary/aromatic N) is 1. The molecule has 0 saturated heterocycles. The Bertz CT molecular complexity index is 399. The van der Waals surface area contributed by atoms with Gasteiger partial charge in [-0.05, 0) is 39.4 Å². The molecule has 2 heteroatoms. The van der Waals surface area contributed by atoms with E-state index >= 15 is 0 Å². The van der Waals surface area contributed by atoms with Gasteiger partial charge < -0.3 is 0 Å². The Balaban J connectivity index is 2.34. The van der Waals surface area contributed by atoms with E-state index in [0.29, 0.717) is 5.78 Å². The Kier molecular flexibility index (Phi) is 3.34. The van der Waals surface area contributed by atoms with Gasteiger partial charge in [-0.15, -0.1) is 0 Å². The molecule has 0 amide bonds.